The summed E-state index contributed by atoms with van der Waals surface area (Å²) in [5.74, 6) is 1.61. The lowest BCUT2D eigenvalue weighted by molar-refractivity contribution is 0.0653. The highest BCUT2D eigenvalue weighted by atomic mass is 16.5. The van der Waals surface area contributed by atoms with Crippen LogP contribution in [-0.2, 0) is 26.2 Å². The molecule has 1 aliphatic carbocycles. The van der Waals surface area contributed by atoms with Gasteiger partial charge in [0.2, 0.25) is 0 Å². The topological polar surface area (TPSA) is 131 Å². The second kappa shape index (κ2) is 16.5. The van der Waals surface area contributed by atoms with Crippen LogP contribution in [0.5, 0.6) is 46.0 Å². The smallest absolute Gasteiger partial charge is 0.142 e. The van der Waals surface area contributed by atoms with Gasteiger partial charge in [-0.1, -0.05) is 27.7 Å². The van der Waals surface area contributed by atoms with Gasteiger partial charge in [0.25, 0.3) is 0 Å². The van der Waals surface area contributed by atoms with Crippen LogP contribution in [0, 0.1) is 0 Å². The van der Waals surface area contributed by atoms with Gasteiger partial charge in [-0.2, -0.15) is 0 Å². The van der Waals surface area contributed by atoms with Gasteiger partial charge >= 0.3 is 0 Å². The number of nitrogens with zero attached hydrogens (tertiary/aromatic N) is 4. The van der Waals surface area contributed by atoms with E-state index in [4.69, 9.17) is 18.9 Å². The number of hydrogen-bond donors (Lipinski definition) is 4. The molecule has 0 amide bonds. The molecule has 64 heavy (non-hydrogen) atoms. The van der Waals surface area contributed by atoms with Crippen molar-refractivity contribution in [3.05, 3.63) is 91.0 Å². The van der Waals surface area contributed by atoms with Crippen LogP contribution in [0.4, 0.5) is 0 Å². The lowest BCUT2D eigenvalue weighted by Crippen LogP contribution is -2.38. The predicted molar refractivity (Wildman–Crippen MR) is 247 cm³/mol. The molecule has 4 N–H and O–H groups in total. The molecule has 0 fully saturated rings. The third kappa shape index (κ3) is 7.11. The Kier molecular flexibility index (Phi) is 11.4. The van der Waals surface area contributed by atoms with Gasteiger partial charge in [-0.15, -0.1) is 0 Å². The minimum atomic E-state index is -0.398. The van der Waals surface area contributed by atoms with Crippen molar-refractivity contribution in [2.24, 2.45) is 0 Å². The summed E-state index contributed by atoms with van der Waals surface area (Å²) >= 11 is 0. The first-order valence-corrected chi connectivity index (χ1v) is 23.4. The van der Waals surface area contributed by atoms with Crippen LogP contribution in [-0.4, -0.2) is 91.1 Å². The Morgan fingerprint density at radius 2 is 0.547 bits per heavy atom. The molecule has 4 aliphatic heterocycles. The molecule has 8 bridgehead atoms. The molecule has 344 valence electrons. The molecular weight excluding hydrogens is 809 g/mol. The standard InChI is InChI=1S/C52H68N4O8/c1-25(2)53-17-41-45(57)33-13-37(49(41)61-21-53)30(10)34-14-39(51-42(46(34)58)18-54(23-63-51)26(3)4)32(12)36-16-40(52-44(48(36)60)20-56(24-64-52)28(7)8)31(11)35-15-38(29(33)9)50-43(47(35)59)19-55(22-62-50)27(5)6/h13-16,25-32,57-60H,17-24H2,1-12H3/t29-,30+,31+,32-. The first kappa shape index (κ1) is 44.3. The zero-order valence-corrected chi connectivity index (χ0v) is 39.8. The third-order valence-corrected chi connectivity index (χ3v) is 15.2. The molecule has 0 unspecified atom stereocenters. The highest BCUT2D eigenvalue weighted by Gasteiger charge is 2.39. The van der Waals surface area contributed by atoms with E-state index < -0.39 is 23.7 Å². The van der Waals surface area contributed by atoms with Crippen LogP contribution in [0.15, 0.2) is 24.3 Å². The summed E-state index contributed by atoms with van der Waals surface area (Å²) < 4.78 is 26.6. The number of rotatable bonds is 4. The van der Waals surface area contributed by atoms with Crippen LogP contribution < -0.4 is 18.9 Å². The van der Waals surface area contributed by atoms with Crippen LogP contribution >= 0.6 is 0 Å². The van der Waals surface area contributed by atoms with Gasteiger partial charge in [0, 0.05) is 119 Å². The Morgan fingerprint density at radius 1 is 0.359 bits per heavy atom. The maximum absolute atomic E-state index is 12.6. The summed E-state index contributed by atoms with van der Waals surface area (Å²) in [7, 11) is 0. The van der Waals surface area contributed by atoms with Crippen molar-refractivity contribution in [1.29, 1.82) is 0 Å². The average molecular weight is 877 g/mol. The first-order chi connectivity index (χ1) is 30.4. The predicted octanol–water partition coefficient (Wildman–Crippen LogP) is 9.67. The van der Waals surface area contributed by atoms with Gasteiger partial charge in [-0.3, -0.25) is 19.6 Å². The van der Waals surface area contributed by atoms with Gasteiger partial charge in [0.05, 0.1) is 22.3 Å². The Balaban J connectivity index is 1.38. The molecule has 0 spiro atoms. The monoisotopic (exact) mass is 877 g/mol. The average Bonchev–Trinajstić information content (AvgIpc) is 3.28. The van der Waals surface area contributed by atoms with Gasteiger partial charge in [0.1, 0.15) is 72.9 Å². The van der Waals surface area contributed by atoms with E-state index in [1.807, 2.05) is 0 Å². The number of hydrogen-bond acceptors (Lipinski definition) is 12. The summed E-state index contributed by atoms with van der Waals surface area (Å²) in [6.07, 6.45) is 0. The van der Waals surface area contributed by atoms with Crippen LogP contribution in [0.3, 0.4) is 0 Å². The molecule has 5 aliphatic rings. The normalized spacial score (nSPS) is 22.6. The van der Waals surface area contributed by atoms with E-state index >= 15 is 0 Å². The highest BCUT2D eigenvalue weighted by molar-refractivity contribution is 5.68. The van der Waals surface area contributed by atoms with Crippen molar-refractivity contribution in [2.45, 2.75) is 157 Å². The van der Waals surface area contributed by atoms with E-state index in [1.165, 1.54) is 0 Å². The SMILES string of the molecule is CC(C)N1COc2c3cc(c(O)c2C1)[C@@H](C)c1cc(c(O)c2c1OCN(C(C)C)C2)[C@H](C)c1cc(c(O)c2c1OCN(C(C)C)C2)[C@@H](C)c1cc(c(O)c2c1OCN(C(C)C)C2)[C@@H]3C. The zero-order chi connectivity index (χ0) is 45.8. The molecule has 0 aromatic heterocycles. The fourth-order valence-electron chi connectivity index (χ4n) is 10.5. The van der Waals surface area contributed by atoms with Crippen LogP contribution in [0.1, 0.15) is 174 Å². The van der Waals surface area contributed by atoms with E-state index in [2.05, 4.69) is 127 Å². The Labute approximate surface area is 378 Å². The van der Waals surface area contributed by atoms with E-state index in [-0.39, 0.29) is 47.2 Å². The van der Waals surface area contributed by atoms with Crippen molar-refractivity contribution in [1.82, 2.24) is 19.6 Å². The number of fused-ring (bicyclic) bond motifs is 16. The summed E-state index contributed by atoms with van der Waals surface area (Å²) in [6.45, 7) is 28.8. The Bertz CT molecular complexity index is 2160. The second-order valence-corrected chi connectivity index (χ2v) is 20.2. The molecule has 0 saturated heterocycles. The molecule has 4 heterocycles. The number of benzene rings is 4. The summed E-state index contributed by atoms with van der Waals surface area (Å²) in [5, 5.41) is 50.2. The number of phenolic OH excluding ortho intramolecular Hbond substituents is 4. The third-order valence-electron chi connectivity index (χ3n) is 15.2. The number of aromatic hydroxyl groups is 4. The minimum absolute atomic E-state index is 0.167. The quantitative estimate of drug-likeness (QED) is 0.156. The lowest BCUT2D eigenvalue weighted by Gasteiger charge is -2.38. The first-order valence-electron chi connectivity index (χ1n) is 23.4. The molecule has 9 rings (SSSR count). The van der Waals surface area contributed by atoms with Crippen LogP contribution in [0.25, 0.3) is 0 Å². The molecule has 12 nitrogen and oxygen atoms in total. The molecule has 4 aromatic rings. The van der Waals surface area contributed by atoms with Crippen molar-refractivity contribution in [3.8, 4) is 46.0 Å². The zero-order valence-electron chi connectivity index (χ0n) is 39.8. The van der Waals surface area contributed by atoms with Crippen LogP contribution in [0.2, 0.25) is 0 Å². The molecule has 0 radical (unpaired) electrons. The van der Waals surface area contributed by atoms with Crippen molar-refractivity contribution in [2.75, 3.05) is 26.9 Å². The van der Waals surface area contributed by atoms with Crippen molar-refractivity contribution in [3.63, 3.8) is 0 Å². The van der Waals surface area contributed by atoms with E-state index in [1.54, 1.807) is 0 Å². The largest absolute Gasteiger partial charge is 0.507 e. The summed E-state index contributed by atoms with van der Waals surface area (Å²) in [5.41, 5.74) is 9.11. The maximum Gasteiger partial charge on any atom is 0.142 e. The molecule has 4 atom stereocenters. The second-order valence-electron chi connectivity index (χ2n) is 20.2. The Morgan fingerprint density at radius 3 is 0.719 bits per heavy atom. The molecule has 12 heteroatoms. The summed E-state index contributed by atoms with van der Waals surface area (Å²) in [6, 6.07) is 8.90. The summed E-state index contributed by atoms with van der Waals surface area (Å²) in [4.78, 5) is 8.78. The maximum atomic E-state index is 12.6. The lowest BCUT2D eigenvalue weighted by atomic mass is 9.78. The molecule has 0 saturated carbocycles. The Hall–Kier alpha value is -4.88. The number of ether oxygens (including phenoxy) is 4. The molecule has 4 aromatic carbocycles. The van der Waals surface area contributed by atoms with Gasteiger partial charge < -0.3 is 39.4 Å². The molecular formula is C52H68N4O8. The fourth-order valence-corrected chi connectivity index (χ4v) is 10.5. The minimum Gasteiger partial charge on any atom is -0.507 e. The highest BCUT2D eigenvalue weighted by Crippen LogP contribution is 2.55. The van der Waals surface area contributed by atoms with Crippen molar-refractivity contribution >= 4 is 0 Å². The van der Waals surface area contributed by atoms with E-state index in [0.29, 0.717) is 121 Å². The fraction of sp³-hybridized carbons (Fsp3) is 0.538. The van der Waals surface area contributed by atoms with Crippen molar-refractivity contribution < 1.29 is 39.4 Å². The van der Waals surface area contributed by atoms with E-state index in [9.17, 15) is 20.4 Å². The van der Waals surface area contributed by atoms with Gasteiger partial charge in [0.15, 0.2) is 0 Å². The van der Waals surface area contributed by atoms with Gasteiger partial charge in [-0.05, 0) is 79.7 Å². The van der Waals surface area contributed by atoms with Gasteiger partial charge in [-0.25, -0.2) is 0 Å². The van der Waals surface area contributed by atoms with E-state index in [0.717, 1.165) is 22.3 Å². The number of phenols is 4.